The number of carbonyl (C=O) groups excluding carboxylic acids is 1. The number of aryl methyl sites for hydroxylation is 2. The standard InChI is InChI=1S/C21H21N3O2/c1-14-6-9-16(10-7-14)22-20(25)15-8-11-17-18(13-15)23-19-5-3-2-4-12-24(19)21(17)26/h6-11,13H,2-5,12H2,1H3,(H,22,25). The molecule has 0 aliphatic carbocycles. The van der Waals surface area contributed by atoms with Gasteiger partial charge in [-0.1, -0.05) is 24.1 Å². The Kier molecular flexibility index (Phi) is 4.29. The number of anilines is 1. The van der Waals surface area contributed by atoms with Crippen LogP contribution in [0.15, 0.2) is 47.3 Å². The maximum atomic E-state index is 12.8. The highest BCUT2D eigenvalue weighted by molar-refractivity contribution is 6.06. The van der Waals surface area contributed by atoms with E-state index in [0.717, 1.165) is 49.3 Å². The molecule has 0 saturated heterocycles. The van der Waals surface area contributed by atoms with Gasteiger partial charge in [-0.2, -0.15) is 0 Å². The third kappa shape index (κ3) is 3.12. The summed E-state index contributed by atoms with van der Waals surface area (Å²) in [5.74, 6) is 0.628. The van der Waals surface area contributed by atoms with Crippen molar-refractivity contribution in [3.63, 3.8) is 0 Å². The van der Waals surface area contributed by atoms with E-state index in [2.05, 4.69) is 10.3 Å². The molecule has 0 atom stereocenters. The minimum Gasteiger partial charge on any atom is -0.322 e. The fourth-order valence-corrected chi connectivity index (χ4v) is 3.40. The highest BCUT2D eigenvalue weighted by atomic mass is 16.1. The summed E-state index contributed by atoms with van der Waals surface area (Å²) in [5, 5.41) is 3.46. The number of hydrogen-bond donors (Lipinski definition) is 1. The molecule has 0 fully saturated rings. The van der Waals surface area contributed by atoms with Crippen molar-refractivity contribution in [3.05, 3.63) is 69.8 Å². The van der Waals surface area contributed by atoms with Crippen molar-refractivity contribution in [2.75, 3.05) is 5.32 Å². The summed E-state index contributed by atoms with van der Waals surface area (Å²) in [6, 6.07) is 12.8. The summed E-state index contributed by atoms with van der Waals surface area (Å²) >= 11 is 0. The number of rotatable bonds is 2. The summed E-state index contributed by atoms with van der Waals surface area (Å²) in [6.07, 6.45) is 3.98. The SMILES string of the molecule is Cc1ccc(NC(=O)c2ccc3c(=O)n4c(nc3c2)CCCCC4)cc1. The van der Waals surface area contributed by atoms with E-state index in [0.29, 0.717) is 16.5 Å². The van der Waals surface area contributed by atoms with E-state index in [1.54, 1.807) is 22.8 Å². The number of amides is 1. The predicted molar refractivity (Wildman–Crippen MR) is 103 cm³/mol. The summed E-state index contributed by atoms with van der Waals surface area (Å²) in [5.41, 5.74) is 2.98. The number of nitrogens with zero attached hydrogens (tertiary/aromatic N) is 2. The molecule has 0 saturated carbocycles. The minimum absolute atomic E-state index is 0.00241. The van der Waals surface area contributed by atoms with E-state index in [9.17, 15) is 9.59 Å². The number of carbonyl (C=O) groups is 1. The smallest absolute Gasteiger partial charge is 0.261 e. The first-order chi connectivity index (χ1) is 12.6. The van der Waals surface area contributed by atoms with Crippen LogP contribution >= 0.6 is 0 Å². The van der Waals surface area contributed by atoms with Gasteiger partial charge in [-0.25, -0.2) is 4.98 Å². The van der Waals surface area contributed by atoms with Crippen molar-refractivity contribution < 1.29 is 4.79 Å². The van der Waals surface area contributed by atoms with Crippen LogP contribution in [0.5, 0.6) is 0 Å². The number of aromatic nitrogens is 2. The molecule has 1 N–H and O–H groups in total. The molecule has 1 aromatic heterocycles. The predicted octanol–water partition coefficient (Wildman–Crippen LogP) is 3.68. The van der Waals surface area contributed by atoms with Gasteiger partial charge in [0.15, 0.2) is 0 Å². The second-order valence-corrected chi connectivity index (χ2v) is 6.85. The first kappa shape index (κ1) is 16.5. The van der Waals surface area contributed by atoms with Crippen LogP contribution in [0.3, 0.4) is 0 Å². The Morgan fingerprint density at radius 2 is 1.88 bits per heavy atom. The van der Waals surface area contributed by atoms with Crippen LogP contribution in [-0.4, -0.2) is 15.5 Å². The van der Waals surface area contributed by atoms with Gasteiger partial charge in [0.2, 0.25) is 0 Å². The number of fused-ring (bicyclic) bond motifs is 2. The first-order valence-corrected chi connectivity index (χ1v) is 9.03. The lowest BCUT2D eigenvalue weighted by Gasteiger charge is -2.11. The van der Waals surface area contributed by atoms with Gasteiger partial charge in [0.1, 0.15) is 5.82 Å². The molecular formula is C21H21N3O2. The van der Waals surface area contributed by atoms with E-state index in [4.69, 9.17) is 0 Å². The van der Waals surface area contributed by atoms with Crippen LogP contribution in [0.4, 0.5) is 5.69 Å². The molecule has 2 aromatic carbocycles. The second-order valence-electron chi connectivity index (χ2n) is 6.85. The number of benzene rings is 2. The Morgan fingerprint density at radius 1 is 1.08 bits per heavy atom. The van der Waals surface area contributed by atoms with E-state index in [1.165, 1.54) is 0 Å². The molecule has 4 rings (SSSR count). The molecule has 1 aliphatic rings. The average Bonchev–Trinajstić information content (AvgIpc) is 2.89. The second kappa shape index (κ2) is 6.75. The molecule has 0 radical (unpaired) electrons. The largest absolute Gasteiger partial charge is 0.322 e. The summed E-state index contributed by atoms with van der Waals surface area (Å²) in [7, 11) is 0. The lowest BCUT2D eigenvalue weighted by Crippen LogP contribution is -2.24. The number of hydrogen-bond acceptors (Lipinski definition) is 3. The van der Waals surface area contributed by atoms with Crippen molar-refractivity contribution in [3.8, 4) is 0 Å². The van der Waals surface area contributed by atoms with E-state index >= 15 is 0 Å². The Hall–Kier alpha value is -2.95. The Morgan fingerprint density at radius 3 is 2.69 bits per heavy atom. The fourth-order valence-electron chi connectivity index (χ4n) is 3.40. The molecule has 1 amide bonds. The van der Waals surface area contributed by atoms with E-state index in [1.807, 2.05) is 31.2 Å². The molecule has 0 spiro atoms. The molecule has 2 heterocycles. The topological polar surface area (TPSA) is 64.0 Å². The molecular weight excluding hydrogens is 326 g/mol. The molecule has 26 heavy (non-hydrogen) atoms. The zero-order chi connectivity index (χ0) is 18.1. The average molecular weight is 347 g/mol. The van der Waals surface area contributed by atoms with E-state index in [-0.39, 0.29) is 11.5 Å². The zero-order valence-corrected chi connectivity index (χ0v) is 14.8. The summed E-state index contributed by atoms with van der Waals surface area (Å²) in [6.45, 7) is 2.73. The van der Waals surface area contributed by atoms with Crippen LogP contribution in [0, 0.1) is 6.92 Å². The van der Waals surface area contributed by atoms with Gasteiger partial charge in [-0.3, -0.25) is 14.2 Å². The first-order valence-electron chi connectivity index (χ1n) is 9.03. The van der Waals surface area contributed by atoms with Gasteiger partial charge in [0.25, 0.3) is 11.5 Å². The molecule has 0 bridgehead atoms. The van der Waals surface area contributed by atoms with Gasteiger partial charge >= 0.3 is 0 Å². The lowest BCUT2D eigenvalue weighted by molar-refractivity contribution is 0.102. The van der Waals surface area contributed by atoms with Crippen molar-refractivity contribution in [2.45, 2.75) is 39.2 Å². The van der Waals surface area contributed by atoms with Gasteiger partial charge < -0.3 is 5.32 Å². The lowest BCUT2D eigenvalue weighted by atomic mass is 10.1. The molecule has 5 nitrogen and oxygen atoms in total. The van der Waals surface area contributed by atoms with Crippen LogP contribution in [0.2, 0.25) is 0 Å². The molecule has 1 aliphatic heterocycles. The van der Waals surface area contributed by atoms with Crippen LogP contribution < -0.4 is 10.9 Å². The zero-order valence-electron chi connectivity index (χ0n) is 14.8. The molecule has 3 aromatic rings. The third-order valence-electron chi connectivity index (χ3n) is 4.89. The maximum absolute atomic E-state index is 12.8. The Bertz CT molecular complexity index is 1040. The maximum Gasteiger partial charge on any atom is 0.261 e. The monoisotopic (exact) mass is 347 g/mol. The van der Waals surface area contributed by atoms with Crippen molar-refractivity contribution in [2.24, 2.45) is 0 Å². The quantitative estimate of drug-likeness (QED) is 0.769. The highest BCUT2D eigenvalue weighted by Crippen LogP contribution is 2.17. The Balaban J connectivity index is 1.69. The third-order valence-corrected chi connectivity index (χ3v) is 4.89. The molecule has 132 valence electrons. The fraction of sp³-hybridized carbons (Fsp3) is 0.286. The van der Waals surface area contributed by atoms with Gasteiger partial charge in [0.05, 0.1) is 10.9 Å². The Labute approximate surface area is 151 Å². The normalized spacial score (nSPS) is 13.9. The van der Waals surface area contributed by atoms with Gasteiger partial charge in [-0.05, 0) is 50.1 Å². The highest BCUT2D eigenvalue weighted by Gasteiger charge is 2.15. The van der Waals surface area contributed by atoms with Gasteiger partial charge in [-0.15, -0.1) is 0 Å². The minimum atomic E-state index is -0.201. The number of nitrogens with one attached hydrogen (secondary N) is 1. The molecule has 0 unspecified atom stereocenters. The summed E-state index contributed by atoms with van der Waals surface area (Å²) < 4.78 is 1.79. The molecule has 5 heteroatoms. The van der Waals surface area contributed by atoms with Crippen molar-refractivity contribution in [1.29, 1.82) is 0 Å². The van der Waals surface area contributed by atoms with Crippen LogP contribution in [-0.2, 0) is 13.0 Å². The van der Waals surface area contributed by atoms with E-state index < -0.39 is 0 Å². The van der Waals surface area contributed by atoms with Crippen LogP contribution in [0.1, 0.15) is 41.0 Å². The van der Waals surface area contributed by atoms with Crippen molar-refractivity contribution >= 4 is 22.5 Å². The van der Waals surface area contributed by atoms with Crippen LogP contribution in [0.25, 0.3) is 10.9 Å². The summed E-state index contributed by atoms with van der Waals surface area (Å²) in [4.78, 5) is 30.0. The van der Waals surface area contributed by atoms with Crippen molar-refractivity contribution in [1.82, 2.24) is 9.55 Å². The van der Waals surface area contributed by atoms with Gasteiger partial charge in [0, 0.05) is 24.2 Å².